The van der Waals surface area contributed by atoms with Gasteiger partial charge in [-0.1, -0.05) is 54.6 Å². The van der Waals surface area contributed by atoms with E-state index in [0.29, 0.717) is 25.8 Å². The van der Waals surface area contributed by atoms with Crippen LogP contribution in [0.1, 0.15) is 18.4 Å². The second kappa shape index (κ2) is 7.49. The van der Waals surface area contributed by atoms with Crippen LogP contribution in [-0.4, -0.2) is 40.5 Å². The van der Waals surface area contributed by atoms with Gasteiger partial charge in [-0.3, -0.25) is 4.79 Å². The molecule has 1 saturated heterocycles. The summed E-state index contributed by atoms with van der Waals surface area (Å²) in [7, 11) is 0. The molecule has 25 heavy (non-hydrogen) atoms. The first kappa shape index (κ1) is 17.2. The zero-order chi connectivity index (χ0) is 17.8. The summed E-state index contributed by atoms with van der Waals surface area (Å²) in [5.41, 5.74) is 9.26. The lowest BCUT2D eigenvalue weighted by Gasteiger charge is -2.24. The smallest absolute Gasteiger partial charge is 0.326 e. The molecule has 2 unspecified atom stereocenters. The van der Waals surface area contributed by atoms with Gasteiger partial charge in [0.15, 0.2) is 0 Å². The van der Waals surface area contributed by atoms with E-state index in [1.165, 1.54) is 4.90 Å². The predicted octanol–water partition coefficient (Wildman–Crippen LogP) is 2.30. The number of benzene rings is 2. The van der Waals surface area contributed by atoms with Crippen LogP contribution in [0.15, 0.2) is 54.6 Å². The van der Waals surface area contributed by atoms with E-state index >= 15 is 0 Å². The Labute approximate surface area is 147 Å². The minimum Gasteiger partial charge on any atom is -0.480 e. The molecule has 0 radical (unpaired) electrons. The van der Waals surface area contributed by atoms with Crippen LogP contribution >= 0.6 is 0 Å². The Morgan fingerprint density at radius 3 is 2.36 bits per heavy atom. The zero-order valence-corrected chi connectivity index (χ0v) is 14.0. The number of nitrogens with zero attached hydrogens (tertiary/aromatic N) is 1. The van der Waals surface area contributed by atoms with Crippen LogP contribution in [0, 0.1) is 0 Å². The molecule has 130 valence electrons. The van der Waals surface area contributed by atoms with Crippen LogP contribution in [0.5, 0.6) is 0 Å². The Bertz CT molecular complexity index is 743. The minimum absolute atomic E-state index is 0.281. The number of likely N-dealkylation sites (tertiary alicyclic amines) is 1. The summed E-state index contributed by atoms with van der Waals surface area (Å²) in [6.45, 7) is 0.469. The third-order valence-corrected chi connectivity index (χ3v) is 4.65. The maximum atomic E-state index is 12.5. The number of amides is 1. The van der Waals surface area contributed by atoms with Gasteiger partial charge in [0, 0.05) is 6.54 Å². The van der Waals surface area contributed by atoms with Gasteiger partial charge in [0.1, 0.15) is 6.04 Å². The molecule has 1 aliphatic heterocycles. The molecule has 0 spiro atoms. The highest BCUT2D eigenvalue weighted by Gasteiger charge is 2.35. The fourth-order valence-corrected chi connectivity index (χ4v) is 3.31. The first-order chi connectivity index (χ1) is 12.1. The van der Waals surface area contributed by atoms with Crippen molar-refractivity contribution in [1.82, 2.24) is 4.90 Å². The van der Waals surface area contributed by atoms with Crippen molar-refractivity contribution in [1.29, 1.82) is 0 Å². The number of rotatable bonds is 5. The largest absolute Gasteiger partial charge is 0.480 e. The van der Waals surface area contributed by atoms with Crippen molar-refractivity contribution >= 4 is 11.9 Å². The molecule has 0 aliphatic carbocycles. The zero-order valence-electron chi connectivity index (χ0n) is 14.0. The molecule has 0 bridgehead atoms. The Morgan fingerprint density at radius 2 is 1.72 bits per heavy atom. The predicted molar refractivity (Wildman–Crippen MR) is 95.9 cm³/mol. The standard InChI is InChI=1S/C20H22N2O3/c21-17(19(23)22-12-4-7-18(22)20(24)25)13-14-8-10-16(11-9-14)15-5-2-1-3-6-15/h1-3,5-6,8-11,17-18H,4,7,12-13,21H2,(H,24,25). The summed E-state index contributed by atoms with van der Waals surface area (Å²) in [4.78, 5) is 25.1. The van der Waals surface area contributed by atoms with E-state index in [-0.39, 0.29) is 5.91 Å². The molecule has 1 fully saturated rings. The average molecular weight is 338 g/mol. The summed E-state index contributed by atoms with van der Waals surface area (Å²) < 4.78 is 0. The first-order valence-electron chi connectivity index (χ1n) is 8.49. The van der Waals surface area contributed by atoms with Crippen molar-refractivity contribution in [3.05, 3.63) is 60.2 Å². The fourth-order valence-electron chi connectivity index (χ4n) is 3.31. The monoisotopic (exact) mass is 338 g/mol. The van der Waals surface area contributed by atoms with E-state index in [0.717, 1.165) is 16.7 Å². The van der Waals surface area contributed by atoms with E-state index in [4.69, 9.17) is 5.73 Å². The van der Waals surface area contributed by atoms with Gasteiger partial charge in [0.2, 0.25) is 5.91 Å². The van der Waals surface area contributed by atoms with Crippen LogP contribution in [0.4, 0.5) is 0 Å². The molecule has 1 heterocycles. The molecule has 0 saturated carbocycles. The van der Waals surface area contributed by atoms with Crippen LogP contribution in [0.25, 0.3) is 11.1 Å². The van der Waals surface area contributed by atoms with Gasteiger partial charge >= 0.3 is 5.97 Å². The van der Waals surface area contributed by atoms with Crippen LogP contribution in [0.2, 0.25) is 0 Å². The lowest BCUT2D eigenvalue weighted by Crippen LogP contribution is -2.49. The third kappa shape index (κ3) is 3.88. The quantitative estimate of drug-likeness (QED) is 0.876. The second-order valence-corrected chi connectivity index (χ2v) is 6.40. The summed E-state index contributed by atoms with van der Waals surface area (Å²) >= 11 is 0. The maximum Gasteiger partial charge on any atom is 0.326 e. The van der Waals surface area contributed by atoms with Crippen LogP contribution in [0.3, 0.4) is 0 Å². The number of hydrogen-bond donors (Lipinski definition) is 2. The maximum absolute atomic E-state index is 12.5. The van der Waals surface area contributed by atoms with E-state index in [1.54, 1.807) is 0 Å². The van der Waals surface area contributed by atoms with Crippen molar-refractivity contribution in [2.45, 2.75) is 31.3 Å². The second-order valence-electron chi connectivity index (χ2n) is 6.40. The molecule has 2 aromatic rings. The number of carbonyl (C=O) groups is 2. The number of carboxylic acids is 1. The summed E-state index contributed by atoms with van der Waals surface area (Å²) in [5, 5.41) is 9.21. The van der Waals surface area contributed by atoms with E-state index < -0.39 is 18.1 Å². The van der Waals surface area contributed by atoms with Gasteiger partial charge < -0.3 is 15.7 Å². The Balaban J connectivity index is 1.65. The van der Waals surface area contributed by atoms with Gasteiger partial charge in [0.25, 0.3) is 0 Å². The molecular weight excluding hydrogens is 316 g/mol. The number of aliphatic carboxylic acids is 1. The van der Waals surface area contributed by atoms with Crippen molar-refractivity contribution in [2.24, 2.45) is 5.73 Å². The summed E-state index contributed by atoms with van der Waals surface area (Å²) in [5.74, 6) is -1.23. The Morgan fingerprint density at radius 1 is 1.08 bits per heavy atom. The van der Waals surface area contributed by atoms with Gasteiger partial charge in [0.05, 0.1) is 6.04 Å². The highest BCUT2D eigenvalue weighted by atomic mass is 16.4. The summed E-state index contributed by atoms with van der Waals surface area (Å²) in [6.07, 6.45) is 1.61. The highest BCUT2D eigenvalue weighted by Crippen LogP contribution is 2.21. The SMILES string of the molecule is NC(Cc1ccc(-c2ccccc2)cc1)C(=O)N1CCCC1C(=O)O. The molecule has 5 heteroatoms. The van der Waals surface area contributed by atoms with Crippen LogP contribution < -0.4 is 5.73 Å². The normalized spacial score (nSPS) is 18.1. The van der Waals surface area contributed by atoms with Crippen molar-refractivity contribution in [2.75, 3.05) is 6.54 Å². The molecule has 0 aromatic heterocycles. The third-order valence-electron chi connectivity index (χ3n) is 4.65. The fraction of sp³-hybridized carbons (Fsp3) is 0.300. The number of hydrogen-bond acceptors (Lipinski definition) is 3. The first-order valence-corrected chi connectivity index (χ1v) is 8.49. The van der Waals surface area contributed by atoms with Crippen molar-refractivity contribution < 1.29 is 14.7 Å². The molecule has 3 rings (SSSR count). The van der Waals surface area contributed by atoms with Crippen LogP contribution in [-0.2, 0) is 16.0 Å². The molecule has 2 aromatic carbocycles. The molecular formula is C20H22N2O3. The Hall–Kier alpha value is -2.66. The van der Waals surface area contributed by atoms with E-state index in [9.17, 15) is 14.7 Å². The highest BCUT2D eigenvalue weighted by molar-refractivity contribution is 5.87. The molecule has 5 nitrogen and oxygen atoms in total. The van der Waals surface area contributed by atoms with Gasteiger partial charge in [-0.15, -0.1) is 0 Å². The van der Waals surface area contributed by atoms with Crippen molar-refractivity contribution in [3.63, 3.8) is 0 Å². The van der Waals surface area contributed by atoms with Gasteiger partial charge in [-0.2, -0.15) is 0 Å². The molecule has 3 N–H and O–H groups in total. The number of nitrogens with two attached hydrogens (primary N) is 1. The van der Waals surface area contributed by atoms with Gasteiger partial charge in [-0.25, -0.2) is 4.79 Å². The minimum atomic E-state index is -0.953. The molecule has 1 amide bonds. The molecule has 2 atom stereocenters. The number of carbonyl (C=O) groups excluding carboxylic acids is 1. The van der Waals surface area contributed by atoms with Crippen molar-refractivity contribution in [3.8, 4) is 11.1 Å². The number of carboxylic acid groups (broad SMARTS) is 1. The van der Waals surface area contributed by atoms with E-state index in [1.807, 2.05) is 54.6 Å². The Kier molecular flexibility index (Phi) is 5.14. The topological polar surface area (TPSA) is 83.6 Å². The lowest BCUT2D eigenvalue weighted by molar-refractivity contribution is -0.148. The van der Waals surface area contributed by atoms with E-state index in [2.05, 4.69) is 0 Å². The molecule has 1 aliphatic rings. The summed E-state index contributed by atoms with van der Waals surface area (Å²) in [6, 6.07) is 16.6. The average Bonchev–Trinajstić information content (AvgIpc) is 3.12. The van der Waals surface area contributed by atoms with Gasteiger partial charge in [-0.05, 0) is 36.0 Å². The lowest BCUT2D eigenvalue weighted by atomic mass is 10.0.